The van der Waals surface area contributed by atoms with Crippen molar-refractivity contribution in [3.8, 4) is 0 Å². The van der Waals surface area contributed by atoms with Gasteiger partial charge in [0.1, 0.15) is 0 Å². The average molecular weight is 101 g/mol. The second-order valence-electron chi connectivity index (χ2n) is 0.703. The third kappa shape index (κ3) is 0.758. The maximum absolute atomic E-state index is 3.03. The molecule has 1 heterocycles. The minimum Gasteiger partial charge on any atom is -0.110 e. The standard InChI is InChI=1S/C3H3P2/c1-2-4-5-3-1/h1-2,4H. The molecule has 0 nitrogen and oxygen atoms in total. The van der Waals surface area contributed by atoms with Crippen molar-refractivity contribution in [1.29, 1.82) is 0 Å². The lowest BCUT2D eigenvalue weighted by molar-refractivity contribution is 2.11. The van der Waals surface area contributed by atoms with Crippen LogP contribution in [0.25, 0.3) is 0 Å². The highest BCUT2D eigenvalue weighted by Crippen LogP contribution is 2.16. The quantitative estimate of drug-likeness (QED) is 0.469. The van der Waals surface area contributed by atoms with Crippen LogP contribution < -0.4 is 0 Å². The van der Waals surface area contributed by atoms with Crippen molar-refractivity contribution < 1.29 is 0 Å². The Bertz CT molecular complexity index is 61.4. The van der Waals surface area contributed by atoms with Gasteiger partial charge in [0.25, 0.3) is 0 Å². The topological polar surface area (TPSA) is 0 Å². The van der Waals surface area contributed by atoms with E-state index in [1.54, 1.807) is 0 Å². The van der Waals surface area contributed by atoms with Crippen molar-refractivity contribution in [3.05, 3.63) is 17.7 Å². The fourth-order valence-corrected chi connectivity index (χ4v) is 1.68. The summed E-state index contributed by atoms with van der Waals surface area (Å²) in [4.78, 5) is 0. The first-order valence-electron chi connectivity index (χ1n) is 1.36. The number of hydrogen-bond donors (Lipinski definition) is 0. The van der Waals surface area contributed by atoms with Gasteiger partial charge < -0.3 is 0 Å². The smallest absolute Gasteiger partial charge is 0.0179 e. The minimum absolute atomic E-state index is 0.989. The third-order valence-corrected chi connectivity index (χ3v) is 2.31. The van der Waals surface area contributed by atoms with Crippen LogP contribution in [0.3, 0.4) is 0 Å². The Morgan fingerprint density at radius 3 is 3.00 bits per heavy atom. The number of rotatable bonds is 0. The average Bonchev–Trinajstić information content (AvgIpc) is 1.76. The highest BCUT2D eigenvalue weighted by Gasteiger charge is 1.59. The molecule has 0 bridgehead atoms. The van der Waals surface area contributed by atoms with Crippen molar-refractivity contribution >= 4 is 15.7 Å². The molecule has 0 aliphatic heterocycles. The van der Waals surface area contributed by atoms with E-state index in [4.69, 9.17) is 0 Å². The Labute approximate surface area is 34.3 Å². The first-order chi connectivity index (χ1) is 2.50. The normalized spacial score (nSPS) is 11.2. The van der Waals surface area contributed by atoms with E-state index < -0.39 is 0 Å². The van der Waals surface area contributed by atoms with Crippen LogP contribution >= 0.6 is 15.7 Å². The first-order valence-corrected chi connectivity index (χ1v) is 4.17. The first kappa shape index (κ1) is 3.40. The second kappa shape index (κ2) is 1.60. The van der Waals surface area contributed by atoms with E-state index >= 15 is 0 Å². The van der Waals surface area contributed by atoms with Crippen LogP contribution in [0.2, 0.25) is 0 Å². The fourth-order valence-electron chi connectivity index (χ4n) is 0.186. The Morgan fingerprint density at radius 2 is 2.80 bits per heavy atom. The lowest BCUT2D eigenvalue weighted by Gasteiger charge is -1.39. The van der Waals surface area contributed by atoms with E-state index in [1.165, 1.54) is 7.87 Å². The fraction of sp³-hybridized carbons (Fsp3) is 0. The zero-order valence-corrected chi connectivity index (χ0v) is 4.50. The predicted octanol–water partition coefficient (Wildman–Crippen LogP) is 2.10. The summed E-state index contributed by atoms with van der Waals surface area (Å²) in [6.07, 6.45) is 0. The monoisotopic (exact) mass is 101 g/mol. The molecular weight excluding hydrogens is 98.0 g/mol. The summed E-state index contributed by atoms with van der Waals surface area (Å²) in [5.41, 5.74) is 0. The molecule has 1 unspecified atom stereocenters. The molecule has 0 fully saturated rings. The van der Waals surface area contributed by atoms with Crippen LogP contribution in [0.1, 0.15) is 0 Å². The van der Waals surface area contributed by atoms with Gasteiger partial charge in [0.15, 0.2) is 0 Å². The van der Waals surface area contributed by atoms with Crippen molar-refractivity contribution in [2.75, 3.05) is 0 Å². The number of hydrogen-bond acceptors (Lipinski definition) is 0. The molecule has 1 radical (unpaired) electrons. The van der Waals surface area contributed by atoms with Gasteiger partial charge in [0, 0.05) is 5.80 Å². The molecular formula is C3H3P2. The minimum atomic E-state index is 0.989. The molecule has 2 heteroatoms. The molecule has 1 atom stereocenters. The molecule has 0 aliphatic rings. The maximum atomic E-state index is 3.03. The summed E-state index contributed by atoms with van der Waals surface area (Å²) >= 11 is 0. The van der Waals surface area contributed by atoms with Crippen molar-refractivity contribution in [3.63, 3.8) is 0 Å². The lowest BCUT2D eigenvalue weighted by Crippen LogP contribution is -1.14. The highest BCUT2D eigenvalue weighted by molar-refractivity contribution is 7.89. The molecule has 25 valence electrons. The largest absolute Gasteiger partial charge is 0.110 e. The Kier molecular flexibility index (Phi) is 1.09. The SMILES string of the molecule is [c]1cc[pH]p1. The van der Waals surface area contributed by atoms with Crippen LogP contribution in [0.4, 0.5) is 0 Å². The van der Waals surface area contributed by atoms with Gasteiger partial charge >= 0.3 is 0 Å². The lowest BCUT2D eigenvalue weighted by atomic mass is 10.8. The van der Waals surface area contributed by atoms with E-state index in [0.717, 1.165) is 7.87 Å². The van der Waals surface area contributed by atoms with Crippen molar-refractivity contribution in [1.82, 2.24) is 0 Å². The Morgan fingerprint density at radius 1 is 1.80 bits per heavy atom. The van der Waals surface area contributed by atoms with Crippen LogP contribution in [0.5, 0.6) is 0 Å². The second-order valence-corrected chi connectivity index (χ2v) is 3.22. The van der Waals surface area contributed by atoms with Crippen molar-refractivity contribution in [2.24, 2.45) is 0 Å². The summed E-state index contributed by atoms with van der Waals surface area (Å²) < 4.78 is 0. The molecule has 1 aromatic heterocycles. The zero-order valence-electron chi connectivity index (χ0n) is 2.60. The van der Waals surface area contributed by atoms with Crippen LogP contribution in [-0.4, -0.2) is 0 Å². The van der Waals surface area contributed by atoms with Gasteiger partial charge in [0.05, 0.1) is 0 Å². The van der Waals surface area contributed by atoms with Gasteiger partial charge in [-0.15, -0.1) is 7.87 Å². The Hall–Kier alpha value is 0.210. The van der Waals surface area contributed by atoms with Gasteiger partial charge in [0.2, 0.25) is 0 Å². The van der Waals surface area contributed by atoms with Crippen LogP contribution in [0, 0.1) is 5.80 Å². The molecule has 5 heavy (non-hydrogen) atoms. The predicted molar refractivity (Wildman–Crippen MR) is 27.3 cm³/mol. The summed E-state index contributed by atoms with van der Waals surface area (Å²) in [5.74, 6) is 5.17. The molecule has 0 aromatic carbocycles. The van der Waals surface area contributed by atoms with Crippen molar-refractivity contribution in [2.45, 2.75) is 0 Å². The maximum Gasteiger partial charge on any atom is 0.0179 e. The molecule has 0 saturated carbocycles. The molecule has 0 aliphatic carbocycles. The van der Waals surface area contributed by atoms with Gasteiger partial charge in [-0.05, 0) is 19.7 Å². The third-order valence-electron chi connectivity index (χ3n) is 0.362. The van der Waals surface area contributed by atoms with E-state index in [-0.39, 0.29) is 0 Å². The van der Waals surface area contributed by atoms with E-state index in [2.05, 4.69) is 11.6 Å². The van der Waals surface area contributed by atoms with E-state index in [9.17, 15) is 0 Å². The summed E-state index contributed by atoms with van der Waals surface area (Å²) in [7, 11) is 2.35. The van der Waals surface area contributed by atoms with E-state index in [1.807, 2.05) is 6.07 Å². The molecule has 0 N–H and O–H groups in total. The molecule has 1 aromatic rings. The molecule has 0 amide bonds. The van der Waals surface area contributed by atoms with Crippen LogP contribution in [-0.2, 0) is 0 Å². The van der Waals surface area contributed by atoms with Crippen LogP contribution in [0.15, 0.2) is 11.9 Å². The molecule has 0 saturated heterocycles. The highest BCUT2D eigenvalue weighted by atomic mass is 31.8. The van der Waals surface area contributed by atoms with Gasteiger partial charge in [-0.25, -0.2) is 0 Å². The van der Waals surface area contributed by atoms with Gasteiger partial charge in [-0.1, -0.05) is 0 Å². The molecule has 1 rings (SSSR count). The zero-order chi connectivity index (χ0) is 3.54. The van der Waals surface area contributed by atoms with Gasteiger partial charge in [-0.2, -0.15) is 0 Å². The van der Waals surface area contributed by atoms with E-state index in [0.29, 0.717) is 0 Å². The summed E-state index contributed by atoms with van der Waals surface area (Å²) in [6, 6.07) is 1.99. The molecule has 0 spiro atoms. The summed E-state index contributed by atoms with van der Waals surface area (Å²) in [5, 5.41) is 0. The van der Waals surface area contributed by atoms with Gasteiger partial charge in [-0.3, -0.25) is 0 Å². The summed E-state index contributed by atoms with van der Waals surface area (Å²) in [6.45, 7) is 0. The Balaban J connectivity index is 3.13.